The summed E-state index contributed by atoms with van der Waals surface area (Å²) in [6, 6.07) is 9.88. The molecule has 0 amide bonds. The lowest BCUT2D eigenvalue weighted by atomic mass is 9.97. The molecule has 0 saturated carbocycles. The Morgan fingerprint density at radius 3 is 2.85 bits per heavy atom. The number of aryl methyl sites for hydroxylation is 2. The zero-order valence-corrected chi connectivity index (χ0v) is 19.9. The van der Waals surface area contributed by atoms with Gasteiger partial charge < -0.3 is 9.15 Å². The number of fused-ring (bicyclic) bond motifs is 3. The van der Waals surface area contributed by atoms with Gasteiger partial charge >= 0.3 is 0 Å². The van der Waals surface area contributed by atoms with Crippen LogP contribution in [0.3, 0.4) is 0 Å². The first kappa shape index (κ1) is 21.1. The Morgan fingerprint density at radius 2 is 2.00 bits per heavy atom. The number of hydrogen-bond donors (Lipinski definition) is 0. The quantitative estimate of drug-likeness (QED) is 0.270. The van der Waals surface area contributed by atoms with Crippen LogP contribution in [-0.4, -0.2) is 27.2 Å². The lowest BCUT2D eigenvalue weighted by Crippen LogP contribution is -2.29. The SMILES string of the molecule is O=c1c2c3c(sc2nc(SCc2coc(-c4ccccc4)n2)n1CC1CCCO1)CCCC3. The van der Waals surface area contributed by atoms with Crippen molar-refractivity contribution in [3.63, 3.8) is 0 Å². The summed E-state index contributed by atoms with van der Waals surface area (Å²) in [4.78, 5) is 25.6. The summed E-state index contributed by atoms with van der Waals surface area (Å²) in [5, 5.41) is 1.58. The van der Waals surface area contributed by atoms with E-state index in [4.69, 9.17) is 14.1 Å². The Hall–Kier alpha value is -2.42. The van der Waals surface area contributed by atoms with Gasteiger partial charge in [-0.05, 0) is 56.2 Å². The minimum Gasteiger partial charge on any atom is -0.444 e. The van der Waals surface area contributed by atoms with Crippen molar-refractivity contribution < 1.29 is 9.15 Å². The molecule has 0 radical (unpaired) electrons. The molecule has 4 heterocycles. The molecule has 0 bridgehead atoms. The molecule has 1 aliphatic heterocycles. The Bertz CT molecular complexity index is 1340. The molecule has 0 spiro atoms. The van der Waals surface area contributed by atoms with Crippen molar-refractivity contribution >= 4 is 33.3 Å². The average Bonchev–Trinajstić information content (AvgIpc) is 3.60. The molecule has 6 nitrogen and oxygen atoms in total. The van der Waals surface area contributed by atoms with Crippen LogP contribution in [0.15, 0.2) is 51.0 Å². The van der Waals surface area contributed by atoms with Gasteiger partial charge in [-0.25, -0.2) is 9.97 Å². The van der Waals surface area contributed by atoms with Gasteiger partial charge in [-0.3, -0.25) is 9.36 Å². The highest BCUT2D eigenvalue weighted by molar-refractivity contribution is 7.98. The summed E-state index contributed by atoms with van der Waals surface area (Å²) < 4.78 is 13.4. The maximum absolute atomic E-state index is 13.7. The first-order valence-corrected chi connectivity index (χ1v) is 13.4. The lowest BCUT2D eigenvalue weighted by Gasteiger charge is -2.16. The molecule has 3 aromatic heterocycles. The molecule has 1 aromatic carbocycles. The highest BCUT2D eigenvalue weighted by atomic mass is 32.2. The zero-order valence-electron chi connectivity index (χ0n) is 18.3. The number of benzene rings is 1. The van der Waals surface area contributed by atoms with E-state index in [0.717, 1.165) is 65.3 Å². The van der Waals surface area contributed by atoms with Crippen molar-refractivity contribution in [1.82, 2.24) is 14.5 Å². The molecule has 8 heteroatoms. The molecule has 1 unspecified atom stereocenters. The fraction of sp³-hybridized carbons (Fsp3) is 0.400. The molecule has 1 aliphatic carbocycles. The monoisotopic (exact) mass is 479 g/mol. The highest BCUT2D eigenvalue weighted by Gasteiger charge is 2.25. The zero-order chi connectivity index (χ0) is 22.2. The number of rotatable bonds is 6. The standard InChI is InChI=1S/C25H25N3O3S2/c29-24-21-19-10-4-5-11-20(19)33-23(21)27-25(28(24)13-18-9-6-12-30-18)32-15-17-14-31-22(26-17)16-7-2-1-3-8-16/h1-3,7-8,14,18H,4-6,9-13,15H2. The molecule has 1 atom stereocenters. The van der Waals surface area contributed by atoms with Crippen LogP contribution in [0.1, 0.15) is 41.8 Å². The van der Waals surface area contributed by atoms with E-state index in [1.165, 1.54) is 16.9 Å². The van der Waals surface area contributed by atoms with Gasteiger partial charge in [-0.1, -0.05) is 30.0 Å². The van der Waals surface area contributed by atoms with Crippen LogP contribution in [0.2, 0.25) is 0 Å². The first-order chi connectivity index (χ1) is 16.3. The minimum atomic E-state index is 0.0764. The molecule has 170 valence electrons. The molecule has 33 heavy (non-hydrogen) atoms. The van der Waals surface area contributed by atoms with Crippen LogP contribution in [0.5, 0.6) is 0 Å². The maximum atomic E-state index is 13.7. The second-order valence-electron chi connectivity index (χ2n) is 8.63. The molecular weight excluding hydrogens is 454 g/mol. The smallest absolute Gasteiger partial charge is 0.263 e. The Kier molecular flexibility index (Phi) is 5.82. The highest BCUT2D eigenvalue weighted by Crippen LogP contribution is 2.35. The Balaban J connectivity index is 1.33. The molecule has 1 fully saturated rings. The van der Waals surface area contributed by atoms with Crippen LogP contribution in [0, 0.1) is 0 Å². The summed E-state index contributed by atoms with van der Waals surface area (Å²) in [7, 11) is 0. The second kappa shape index (κ2) is 9.08. The number of oxazole rings is 1. The largest absolute Gasteiger partial charge is 0.444 e. The van der Waals surface area contributed by atoms with Gasteiger partial charge in [0.25, 0.3) is 5.56 Å². The van der Waals surface area contributed by atoms with Crippen molar-refractivity contribution in [2.24, 2.45) is 0 Å². The second-order valence-corrected chi connectivity index (χ2v) is 10.7. The predicted molar refractivity (Wildman–Crippen MR) is 131 cm³/mol. The van der Waals surface area contributed by atoms with Gasteiger partial charge in [0.05, 0.1) is 23.7 Å². The summed E-state index contributed by atoms with van der Waals surface area (Å²) in [5.74, 6) is 1.20. The Morgan fingerprint density at radius 1 is 1.12 bits per heavy atom. The van der Waals surface area contributed by atoms with E-state index in [9.17, 15) is 4.79 Å². The van der Waals surface area contributed by atoms with Gasteiger partial charge in [-0.15, -0.1) is 11.3 Å². The number of hydrogen-bond acceptors (Lipinski definition) is 7. The number of thiophene rings is 1. The number of aromatic nitrogens is 3. The summed E-state index contributed by atoms with van der Waals surface area (Å²) in [6.45, 7) is 1.33. The topological polar surface area (TPSA) is 70.2 Å². The molecule has 2 aliphatic rings. The first-order valence-electron chi connectivity index (χ1n) is 11.6. The Labute approximate surface area is 200 Å². The molecule has 4 aromatic rings. The minimum absolute atomic E-state index is 0.0764. The van der Waals surface area contributed by atoms with Crippen molar-refractivity contribution in [1.29, 1.82) is 0 Å². The maximum Gasteiger partial charge on any atom is 0.263 e. The van der Waals surface area contributed by atoms with Crippen LogP contribution in [-0.2, 0) is 29.9 Å². The van der Waals surface area contributed by atoms with E-state index in [2.05, 4.69) is 4.98 Å². The van der Waals surface area contributed by atoms with Crippen molar-refractivity contribution in [2.45, 2.75) is 62.1 Å². The third kappa shape index (κ3) is 4.16. The average molecular weight is 480 g/mol. The van der Waals surface area contributed by atoms with E-state index in [1.807, 2.05) is 34.9 Å². The van der Waals surface area contributed by atoms with E-state index >= 15 is 0 Å². The number of ether oxygens (including phenoxy) is 1. The van der Waals surface area contributed by atoms with Gasteiger partial charge in [0.1, 0.15) is 11.1 Å². The van der Waals surface area contributed by atoms with Crippen LogP contribution in [0.4, 0.5) is 0 Å². The predicted octanol–water partition coefficient (Wildman–Crippen LogP) is 5.46. The fourth-order valence-corrected chi connectivity index (χ4v) is 6.90. The van der Waals surface area contributed by atoms with E-state index in [-0.39, 0.29) is 11.7 Å². The van der Waals surface area contributed by atoms with Crippen LogP contribution in [0.25, 0.3) is 21.7 Å². The van der Waals surface area contributed by atoms with Crippen molar-refractivity contribution in [3.05, 3.63) is 63.1 Å². The van der Waals surface area contributed by atoms with Crippen molar-refractivity contribution in [3.8, 4) is 11.5 Å². The van der Waals surface area contributed by atoms with Gasteiger partial charge in [0.2, 0.25) is 5.89 Å². The normalized spacial score (nSPS) is 18.1. The summed E-state index contributed by atoms with van der Waals surface area (Å²) in [6.07, 6.45) is 8.20. The third-order valence-corrected chi connectivity index (χ3v) is 8.57. The van der Waals surface area contributed by atoms with Crippen LogP contribution >= 0.6 is 23.1 Å². The van der Waals surface area contributed by atoms with E-state index < -0.39 is 0 Å². The summed E-state index contributed by atoms with van der Waals surface area (Å²) in [5.41, 5.74) is 3.11. The number of nitrogens with zero attached hydrogens (tertiary/aromatic N) is 3. The van der Waals surface area contributed by atoms with Crippen molar-refractivity contribution in [2.75, 3.05) is 6.61 Å². The lowest BCUT2D eigenvalue weighted by molar-refractivity contribution is 0.0937. The molecular formula is C25H25N3O3S2. The van der Waals surface area contributed by atoms with E-state index in [0.29, 0.717) is 18.2 Å². The van der Waals surface area contributed by atoms with Crippen LogP contribution < -0.4 is 5.56 Å². The molecule has 0 N–H and O–H groups in total. The molecule has 6 rings (SSSR count). The van der Waals surface area contributed by atoms with Gasteiger partial charge in [0.15, 0.2) is 5.16 Å². The van der Waals surface area contributed by atoms with Gasteiger partial charge in [0, 0.05) is 22.8 Å². The van der Waals surface area contributed by atoms with Gasteiger partial charge in [-0.2, -0.15) is 0 Å². The summed E-state index contributed by atoms with van der Waals surface area (Å²) >= 11 is 3.25. The van der Waals surface area contributed by atoms with E-state index in [1.54, 1.807) is 29.4 Å². The third-order valence-electron chi connectivity index (χ3n) is 6.37. The molecule has 1 saturated heterocycles. The number of thioether (sulfide) groups is 1. The fourth-order valence-electron chi connectivity index (χ4n) is 4.71.